The number of amides is 1. The number of benzene rings is 2. The highest BCUT2D eigenvalue weighted by Gasteiger charge is 2.32. The molecular formula is C34H39N9O2. The largest absolute Gasteiger partial charge is 0.368 e. The summed E-state index contributed by atoms with van der Waals surface area (Å²) < 4.78 is 1.84. The van der Waals surface area contributed by atoms with Crippen LogP contribution in [0.25, 0.3) is 16.9 Å². The number of carbonyl (C=O) groups excluding carboxylic acids is 1. The standard InChI is InChI=1S/C34H39N9O2/c1-22(44)40-12-14-41(15-13-40)27-11-7-10-26(16-27)37-33(45)31-30(34(2,3)4)32-38-29(42-20-23-8-5-6-9-24(23)21-42)17-28(43(32)39-31)25-18-35-36-19-25/h5-11,16-19,33,37,45H,12-15,20-21H2,1-4H3,(H,35,36). The number of hydrogen-bond donors (Lipinski definition) is 3. The minimum atomic E-state index is -1.08. The van der Waals surface area contributed by atoms with Crippen molar-refractivity contribution in [3.63, 3.8) is 0 Å². The molecule has 45 heavy (non-hydrogen) atoms. The van der Waals surface area contributed by atoms with E-state index < -0.39 is 6.23 Å². The van der Waals surface area contributed by atoms with Crippen LogP contribution < -0.4 is 15.1 Å². The van der Waals surface area contributed by atoms with Gasteiger partial charge in [-0.05, 0) is 34.7 Å². The molecule has 232 valence electrons. The molecule has 0 saturated carbocycles. The van der Waals surface area contributed by atoms with E-state index in [1.54, 1.807) is 13.1 Å². The molecule has 1 amide bonds. The van der Waals surface area contributed by atoms with E-state index in [2.05, 4.69) is 82.5 Å². The Morgan fingerprint density at radius 2 is 1.71 bits per heavy atom. The lowest BCUT2D eigenvalue weighted by molar-refractivity contribution is -0.129. The number of aliphatic hydroxyl groups is 1. The number of anilines is 3. The van der Waals surface area contributed by atoms with E-state index in [1.165, 1.54) is 11.1 Å². The van der Waals surface area contributed by atoms with Crippen LogP contribution in [0.1, 0.15) is 56.3 Å². The maximum atomic E-state index is 11.8. The van der Waals surface area contributed by atoms with Crippen molar-refractivity contribution in [1.29, 1.82) is 0 Å². The van der Waals surface area contributed by atoms with Gasteiger partial charge in [-0.15, -0.1) is 0 Å². The molecule has 0 bridgehead atoms. The van der Waals surface area contributed by atoms with Gasteiger partial charge in [0.1, 0.15) is 11.5 Å². The summed E-state index contributed by atoms with van der Waals surface area (Å²) in [6, 6.07) is 18.6. The highest BCUT2D eigenvalue weighted by atomic mass is 16.3. The number of aromatic amines is 1. The molecule has 1 saturated heterocycles. The summed E-state index contributed by atoms with van der Waals surface area (Å²) in [6.45, 7) is 12.5. The Kier molecular flexibility index (Phi) is 7.20. The third-order valence-corrected chi connectivity index (χ3v) is 8.81. The maximum absolute atomic E-state index is 11.8. The second-order valence-electron chi connectivity index (χ2n) is 12.9. The van der Waals surface area contributed by atoms with Gasteiger partial charge in [-0.2, -0.15) is 10.2 Å². The van der Waals surface area contributed by atoms with Crippen LogP contribution in [-0.2, 0) is 23.3 Å². The van der Waals surface area contributed by atoms with Crippen LogP contribution in [-0.4, -0.2) is 66.9 Å². The van der Waals surface area contributed by atoms with Crippen molar-refractivity contribution in [2.45, 2.75) is 52.4 Å². The van der Waals surface area contributed by atoms with Gasteiger partial charge in [-0.3, -0.25) is 9.89 Å². The third-order valence-electron chi connectivity index (χ3n) is 8.81. The van der Waals surface area contributed by atoms with E-state index in [1.807, 2.05) is 33.8 Å². The van der Waals surface area contributed by atoms with Gasteiger partial charge in [0.2, 0.25) is 5.91 Å². The van der Waals surface area contributed by atoms with Crippen molar-refractivity contribution >= 4 is 28.7 Å². The first kappa shape index (κ1) is 28.8. The molecule has 0 spiro atoms. The number of fused-ring (bicyclic) bond motifs is 2. The number of aliphatic hydroxyl groups excluding tert-OH is 1. The SMILES string of the molecule is CC(=O)N1CCN(c2cccc(NC(O)c3nn4c(-c5cn[nH]c5)cc(N5Cc6ccccc6C5)nc4c3C(C)(C)C)c2)CC1. The third kappa shape index (κ3) is 5.48. The van der Waals surface area contributed by atoms with Gasteiger partial charge >= 0.3 is 0 Å². The van der Waals surface area contributed by atoms with Crippen molar-refractivity contribution in [3.8, 4) is 11.3 Å². The zero-order valence-electron chi connectivity index (χ0n) is 26.2. The van der Waals surface area contributed by atoms with Crippen molar-refractivity contribution in [1.82, 2.24) is 29.7 Å². The molecule has 1 fully saturated rings. The van der Waals surface area contributed by atoms with Gasteiger partial charge in [0.25, 0.3) is 0 Å². The molecule has 5 heterocycles. The fourth-order valence-corrected chi connectivity index (χ4v) is 6.48. The highest BCUT2D eigenvalue weighted by molar-refractivity contribution is 5.74. The molecule has 11 heteroatoms. The summed E-state index contributed by atoms with van der Waals surface area (Å²) in [4.78, 5) is 23.4. The number of rotatable bonds is 6. The monoisotopic (exact) mass is 605 g/mol. The lowest BCUT2D eigenvalue weighted by Crippen LogP contribution is -2.48. The molecule has 2 aliphatic rings. The zero-order chi connectivity index (χ0) is 31.3. The fourth-order valence-electron chi connectivity index (χ4n) is 6.48. The van der Waals surface area contributed by atoms with Crippen LogP contribution >= 0.6 is 0 Å². The Morgan fingerprint density at radius 1 is 0.978 bits per heavy atom. The minimum absolute atomic E-state index is 0.110. The van der Waals surface area contributed by atoms with Gasteiger partial charge in [0.15, 0.2) is 11.9 Å². The molecule has 3 N–H and O–H groups in total. The number of H-pyrrole nitrogens is 1. The van der Waals surface area contributed by atoms with Gasteiger partial charge < -0.3 is 25.1 Å². The second-order valence-corrected chi connectivity index (χ2v) is 12.9. The molecule has 0 aliphatic carbocycles. The van der Waals surface area contributed by atoms with Gasteiger partial charge in [0, 0.05) is 81.0 Å². The first-order chi connectivity index (χ1) is 21.7. The first-order valence-electron chi connectivity index (χ1n) is 15.5. The Morgan fingerprint density at radius 3 is 2.36 bits per heavy atom. The first-order valence-corrected chi connectivity index (χ1v) is 15.5. The van der Waals surface area contributed by atoms with E-state index in [0.717, 1.165) is 60.2 Å². The average molecular weight is 606 g/mol. The van der Waals surface area contributed by atoms with Crippen molar-refractivity contribution in [3.05, 3.63) is 89.4 Å². The predicted molar refractivity (Wildman–Crippen MR) is 175 cm³/mol. The number of nitrogens with zero attached hydrogens (tertiary/aromatic N) is 7. The molecule has 2 aromatic carbocycles. The molecule has 11 nitrogen and oxygen atoms in total. The molecule has 7 rings (SSSR count). The van der Waals surface area contributed by atoms with Crippen LogP contribution in [0.15, 0.2) is 67.0 Å². The van der Waals surface area contributed by atoms with Gasteiger partial charge in [-0.1, -0.05) is 51.1 Å². The van der Waals surface area contributed by atoms with Crippen LogP contribution in [0.3, 0.4) is 0 Å². The Balaban J connectivity index is 1.25. The topological polar surface area (TPSA) is 118 Å². The zero-order valence-corrected chi connectivity index (χ0v) is 26.2. The van der Waals surface area contributed by atoms with E-state index in [9.17, 15) is 9.90 Å². The average Bonchev–Trinajstić information content (AvgIpc) is 3.79. The van der Waals surface area contributed by atoms with Gasteiger partial charge in [0.05, 0.1) is 11.9 Å². The van der Waals surface area contributed by atoms with Crippen LogP contribution in [0, 0.1) is 0 Å². The number of aromatic nitrogens is 5. The van der Waals surface area contributed by atoms with Crippen molar-refractivity contribution < 1.29 is 9.90 Å². The van der Waals surface area contributed by atoms with Crippen LogP contribution in [0.5, 0.6) is 0 Å². The normalized spacial score (nSPS) is 15.9. The summed E-state index contributed by atoms with van der Waals surface area (Å²) in [5.41, 5.74) is 7.90. The number of hydrogen-bond acceptors (Lipinski definition) is 8. The number of nitrogens with one attached hydrogen (secondary N) is 2. The molecule has 2 aliphatic heterocycles. The molecule has 1 atom stereocenters. The summed E-state index contributed by atoms with van der Waals surface area (Å²) >= 11 is 0. The van der Waals surface area contributed by atoms with E-state index in [-0.39, 0.29) is 11.3 Å². The van der Waals surface area contributed by atoms with Crippen molar-refractivity contribution in [2.24, 2.45) is 0 Å². The molecule has 1 unspecified atom stereocenters. The van der Waals surface area contributed by atoms with E-state index >= 15 is 0 Å². The lowest BCUT2D eigenvalue weighted by atomic mass is 9.86. The van der Waals surface area contributed by atoms with Crippen molar-refractivity contribution in [2.75, 3.05) is 41.3 Å². The molecule has 0 radical (unpaired) electrons. The number of piperazine rings is 1. The predicted octanol–water partition coefficient (Wildman–Crippen LogP) is 4.71. The minimum Gasteiger partial charge on any atom is -0.368 e. The van der Waals surface area contributed by atoms with E-state index in [4.69, 9.17) is 10.1 Å². The van der Waals surface area contributed by atoms with E-state index in [0.29, 0.717) is 24.4 Å². The summed E-state index contributed by atoms with van der Waals surface area (Å²) in [5, 5.41) is 27.2. The second kappa shape index (κ2) is 11.2. The smallest absolute Gasteiger partial charge is 0.219 e. The van der Waals surface area contributed by atoms with Crippen LogP contribution in [0.4, 0.5) is 17.2 Å². The molecule has 3 aromatic heterocycles. The Bertz CT molecular complexity index is 1820. The molecule has 5 aromatic rings. The number of carbonyl (C=O) groups is 1. The fraction of sp³-hybridized carbons (Fsp3) is 0.353. The van der Waals surface area contributed by atoms with Crippen LogP contribution in [0.2, 0.25) is 0 Å². The quantitative estimate of drug-likeness (QED) is 0.238. The lowest BCUT2D eigenvalue weighted by Gasteiger charge is -2.35. The highest BCUT2D eigenvalue weighted by Crippen LogP contribution is 2.37. The molecular weight excluding hydrogens is 566 g/mol. The summed E-state index contributed by atoms with van der Waals surface area (Å²) in [6.07, 6.45) is 2.56. The summed E-state index contributed by atoms with van der Waals surface area (Å²) in [7, 11) is 0. The maximum Gasteiger partial charge on any atom is 0.219 e. The summed E-state index contributed by atoms with van der Waals surface area (Å²) in [5.74, 6) is 0.963. The Hall–Kier alpha value is -4.90. The van der Waals surface area contributed by atoms with Gasteiger partial charge in [-0.25, -0.2) is 9.50 Å². The Labute approximate surface area is 262 Å².